The number of sulfonamides is 1. The van der Waals surface area contributed by atoms with E-state index in [1.807, 2.05) is 18.2 Å². The maximum absolute atomic E-state index is 12.9. The van der Waals surface area contributed by atoms with Crippen LogP contribution in [0.4, 0.5) is 0 Å². The third-order valence-electron chi connectivity index (χ3n) is 5.57. The summed E-state index contributed by atoms with van der Waals surface area (Å²) in [5, 5.41) is 3.00. The number of hydrogen-bond acceptors (Lipinski definition) is 5. The Kier molecular flexibility index (Phi) is 8.20. The number of amides is 1. The molecule has 0 spiro atoms. The van der Waals surface area contributed by atoms with Crippen LogP contribution >= 0.6 is 0 Å². The van der Waals surface area contributed by atoms with E-state index in [0.717, 1.165) is 18.7 Å². The van der Waals surface area contributed by atoms with Crippen molar-refractivity contribution in [1.82, 2.24) is 14.5 Å². The maximum Gasteiger partial charge on any atom is 0.251 e. The van der Waals surface area contributed by atoms with Crippen LogP contribution in [0.15, 0.2) is 59.5 Å². The molecule has 0 aliphatic carbocycles. The lowest BCUT2D eigenvalue weighted by atomic mass is 10.0. The van der Waals surface area contributed by atoms with Crippen molar-refractivity contribution in [1.29, 1.82) is 0 Å². The molecule has 1 fully saturated rings. The van der Waals surface area contributed by atoms with Crippen LogP contribution < -0.4 is 5.32 Å². The van der Waals surface area contributed by atoms with Gasteiger partial charge in [0.15, 0.2) is 0 Å². The Morgan fingerprint density at radius 3 is 2.39 bits per heavy atom. The fourth-order valence-electron chi connectivity index (χ4n) is 3.82. The second kappa shape index (κ2) is 10.9. The lowest BCUT2D eigenvalue weighted by Crippen LogP contribution is -2.43. The van der Waals surface area contributed by atoms with Crippen LogP contribution in [0, 0.1) is 0 Å². The van der Waals surface area contributed by atoms with Crippen molar-refractivity contribution in [2.24, 2.45) is 0 Å². The Morgan fingerprint density at radius 1 is 1.06 bits per heavy atom. The number of carbonyl (C=O) groups is 1. The van der Waals surface area contributed by atoms with E-state index in [1.165, 1.54) is 16.4 Å². The summed E-state index contributed by atoms with van der Waals surface area (Å²) in [6.45, 7) is 7.72. The zero-order valence-electron chi connectivity index (χ0n) is 18.2. The summed E-state index contributed by atoms with van der Waals surface area (Å²) >= 11 is 0. The van der Waals surface area contributed by atoms with Gasteiger partial charge in [0.1, 0.15) is 0 Å². The van der Waals surface area contributed by atoms with Gasteiger partial charge in [-0.2, -0.15) is 4.31 Å². The topological polar surface area (TPSA) is 79.0 Å². The molecule has 1 saturated heterocycles. The molecule has 0 saturated carbocycles. The Balaban J connectivity index is 1.75. The predicted molar refractivity (Wildman–Crippen MR) is 120 cm³/mol. The minimum Gasteiger partial charge on any atom is -0.379 e. The highest BCUT2D eigenvalue weighted by Crippen LogP contribution is 2.22. The van der Waals surface area contributed by atoms with Gasteiger partial charge in [0.05, 0.1) is 24.2 Å². The number of benzene rings is 2. The molecule has 0 bridgehead atoms. The predicted octanol–water partition coefficient (Wildman–Crippen LogP) is 2.52. The molecule has 168 valence electrons. The van der Waals surface area contributed by atoms with Gasteiger partial charge in [-0.15, -0.1) is 0 Å². The number of hydrogen-bond donors (Lipinski definition) is 1. The molecular weight excluding hydrogens is 414 g/mol. The number of carbonyl (C=O) groups excluding carboxylic acids is 1. The largest absolute Gasteiger partial charge is 0.379 e. The van der Waals surface area contributed by atoms with E-state index in [-0.39, 0.29) is 16.8 Å². The van der Waals surface area contributed by atoms with E-state index < -0.39 is 10.0 Å². The number of nitrogens with zero attached hydrogens (tertiary/aromatic N) is 2. The number of ether oxygens (including phenoxy) is 1. The van der Waals surface area contributed by atoms with Gasteiger partial charge in [-0.05, 0) is 23.8 Å². The summed E-state index contributed by atoms with van der Waals surface area (Å²) in [6.07, 6.45) is 0. The fourth-order valence-corrected chi connectivity index (χ4v) is 5.33. The minimum absolute atomic E-state index is 0.0247. The highest BCUT2D eigenvalue weighted by molar-refractivity contribution is 7.89. The number of nitrogens with one attached hydrogen (secondary N) is 1. The second-order valence-electron chi connectivity index (χ2n) is 7.40. The quantitative estimate of drug-likeness (QED) is 0.642. The smallest absolute Gasteiger partial charge is 0.251 e. The van der Waals surface area contributed by atoms with Crippen molar-refractivity contribution in [3.05, 3.63) is 65.7 Å². The minimum atomic E-state index is -3.62. The van der Waals surface area contributed by atoms with Gasteiger partial charge < -0.3 is 10.1 Å². The van der Waals surface area contributed by atoms with Crippen molar-refractivity contribution in [3.63, 3.8) is 0 Å². The van der Waals surface area contributed by atoms with Gasteiger partial charge >= 0.3 is 0 Å². The van der Waals surface area contributed by atoms with E-state index in [2.05, 4.69) is 22.3 Å². The molecule has 8 heteroatoms. The van der Waals surface area contributed by atoms with Crippen molar-refractivity contribution >= 4 is 15.9 Å². The zero-order chi connectivity index (χ0) is 22.3. The molecular formula is C23H31N3O4S. The van der Waals surface area contributed by atoms with E-state index in [4.69, 9.17) is 4.74 Å². The Morgan fingerprint density at radius 2 is 1.74 bits per heavy atom. The average molecular weight is 446 g/mol. The van der Waals surface area contributed by atoms with E-state index in [9.17, 15) is 13.2 Å². The van der Waals surface area contributed by atoms with Crippen LogP contribution in [-0.4, -0.2) is 69.5 Å². The molecule has 7 nitrogen and oxygen atoms in total. The first kappa shape index (κ1) is 23.4. The molecule has 1 atom stereocenters. The second-order valence-corrected chi connectivity index (χ2v) is 9.34. The first-order chi connectivity index (χ1) is 15.0. The van der Waals surface area contributed by atoms with Gasteiger partial charge in [0, 0.05) is 38.3 Å². The van der Waals surface area contributed by atoms with Crippen LogP contribution in [0.3, 0.4) is 0 Å². The third-order valence-corrected chi connectivity index (χ3v) is 7.61. The van der Waals surface area contributed by atoms with Crippen molar-refractivity contribution in [3.8, 4) is 0 Å². The maximum atomic E-state index is 12.9. The molecule has 1 aliphatic heterocycles. The molecule has 1 amide bonds. The first-order valence-electron chi connectivity index (χ1n) is 10.7. The molecule has 1 heterocycles. The summed E-state index contributed by atoms with van der Waals surface area (Å²) in [5.74, 6) is -0.286. The fraction of sp³-hybridized carbons (Fsp3) is 0.435. The van der Waals surface area contributed by atoms with Gasteiger partial charge in [-0.25, -0.2) is 8.42 Å². The van der Waals surface area contributed by atoms with Crippen LogP contribution in [0.2, 0.25) is 0 Å². The normalized spacial score (nSPS) is 16.2. The third kappa shape index (κ3) is 5.71. The lowest BCUT2D eigenvalue weighted by Gasteiger charge is -2.35. The molecule has 0 radical (unpaired) electrons. The molecule has 31 heavy (non-hydrogen) atoms. The van der Waals surface area contributed by atoms with E-state index in [1.54, 1.807) is 26.0 Å². The van der Waals surface area contributed by atoms with Crippen molar-refractivity contribution < 1.29 is 17.9 Å². The monoisotopic (exact) mass is 445 g/mol. The SMILES string of the molecule is CCN(CC)S(=O)(=O)c1cccc(C(=O)NC[C@H](c2ccccc2)N2CCOCC2)c1. The highest BCUT2D eigenvalue weighted by Gasteiger charge is 2.25. The van der Waals surface area contributed by atoms with Gasteiger partial charge in [-0.1, -0.05) is 50.2 Å². The molecule has 2 aromatic rings. The van der Waals surface area contributed by atoms with Crippen LogP contribution in [0.25, 0.3) is 0 Å². The van der Waals surface area contributed by atoms with Crippen LogP contribution in [0.5, 0.6) is 0 Å². The van der Waals surface area contributed by atoms with Gasteiger partial charge in [-0.3, -0.25) is 9.69 Å². The van der Waals surface area contributed by atoms with E-state index >= 15 is 0 Å². The Bertz CT molecular complexity index is 956. The zero-order valence-corrected chi connectivity index (χ0v) is 19.0. The van der Waals surface area contributed by atoms with Gasteiger partial charge in [0.25, 0.3) is 5.91 Å². The first-order valence-corrected chi connectivity index (χ1v) is 12.2. The lowest BCUT2D eigenvalue weighted by molar-refractivity contribution is 0.0162. The van der Waals surface area contributed by atoms with Crippen LogP contribution in [-0.2, 0) is 14.8 Å². The Hall–Kier alpha value is -2.26. The van der Waals surface area contributed by atoms with Gasteiger partial charge in [0.2, 0.25) is 10.0 Å². The number of morpholine rings is 1. The van der Waals surface area contributed by atoms with Crippen molar-refractivity contribution in [2.45, 2.75) is 24.8 Å². The average Bonchev–Trinajstić information content (AvgIpc) is 2.81. The molecule has 2 aromatic carbocycles. The Labute approximate surface area is 185 Å². The molecule has 3 rings (SSSR count). The molecule has 1 aliphatic rings. The highest BCUT2D eigenvalue weighted by atomic mass is 32.2. The molecule has 1 N–H and O–H groups in total. The van der Waals surface area contributed by atoms with Crippen molar-refractivity contribution in [2.75, 3.05) is 45.9 Å². The summed E-state index contributed by atoms with van der Waals surface area (Å²) in [5.41, 5.74) is 1.46. The summed E-state index contributed by atoms with van der Waals surface area (Å²) in [6, 6.07) is 16.3. The molecule has 0 unspecified atom stereocenters. The molecule has 0 aromatic heterocycles. The summed E-state index contributed by atoms with van der Waals surface area (Å²) in [4.78, 5) is 15.3. The van der Waals surface area contributed by atoms with E-state index in [0.29, 0.717) is 38.4 Å². The summed E-state index contributed by atoms with van der Waals surface area (Å²) in [7, 11) is -3.62. The standard InChI is InChI=1S/C23H31N3O4S/c1-3-26(4-2)31(28,29)21-12-8-11-20(17-21)23(27)24-18-22(19-9-6-5-7-10-19)25-13-15-30-16-14-25/h5-12,17,22H,3-4,13-16,18H2,1-2H3,(H,24,27)/t22-/m1/s1. The number of rotatable bonds is 9. The van der Waals surface area contributed by atoms with Crippen LogP contribution in [0.1, 0.15) is 35.8 Å². The summed E-state index contributed by atoms with van der Waals surface area (Å²) < 4.78 is 32.5.